The van der Waals surface area contributed by atoms with Crippen molar-refractivity contribution in [3.63, 3.8) is 0 Å². The van der Waals surface area contributed by atoms with Crippen molar-refractivity contribution in [2.45, 2.75) is 49.7 Å². The van der Waals surface area contributed by atoms with Crippen molar-refractivity contribution in [3.8, 4) is 23.0 Å². The van der Waals surface area contributed by atoms with E-state index in [2.05, 4.69) is 37.0 Å². The van der Waals surface area contributed by atoms with E-state index in [0.29, 0.717) is 36.5 Å². The molecule has 9 nitrogen and oxygen atoms in total. The molecule has 0 radical (unpaired) electrons. The van der Waals surface area contributed by atoms with Crippen LogP contribution in [-0.2, 0) is 0 Å². The number of aromatic hydroxyl groups is 1. The van der Waals surface area contributed by atoms with Gasteiger partial charge in [-0.3, -0.25) is 4.98 Å². The van der Waals surface area contributed by atoms with Gasteiger partial charge in [0.2, 0.25) is 6.54 Å². The molecule has 0 aliphatic carbocycles. The van der Waals surface area contributed by atoms with Crippen LogP contribution in [0.4, 0.5) is 10.2 Å². The molecule has 2 bridgehead atoms. The number of anilines is 1. The number of nitrogens with one attached hydrogen (secondary N) is 1. The average Bonchev–Trinajstić information content (AvgIpc) is 3.55. The van der Waals surface area contributed by atoms with Crippen LogP contribution < -0.4 is 15.0 Å². The fraction of sp³-hybridized carbons (Fsp3) is 0.438. The minimum Gasteiger partial charge on any atom is -0.508 e. The summed E-state index contributed by atoms with van der Waals surface area (Å²) in [7, 11) is 2.09. The minimum absolute atomic E-state index is 0.0408. The second-order valence-electron chi connectivity index (χ2n) is 12.0. The molecule has 0 saturated carbocycles. The smallest absolute Gasteiger partial charge is 0.319 e. The van der Waals surface area contributed by atoms with Gasteiger partial charge in [0.25, 0.3) is 0 Å². The van der Waals surface area contributed by atoms with Gasteiger partial charge in [-0.1, -0.05) is 24.3 Å². The number of fused-ring (bicyclic) bond motifs is 4. The summed E-state index contributed by atoms with van der Waals surface area (Å²) in [5.41, 5.74) is 0.589. The zero-order valence-corrected chi connectivity index (χ0v) is 23.7. The third kappa shape index (κ3) is 4.76. The lowest BCUT2D eigenvalue weighted by atomic mass is 9.92. The number of phenolic OH excluding ortho intramolecular Hbond substituents is 1. The lowest BCUT2D eigenvalue weighted by Gasteiger charge is -2.41. The molecule has 3 fully saturated rings. The van der Waals surface area contributed by atoms with Crippen molar-refractivity contribution in [2.75, 3.05) is 44.7 Å². The Kier molecular flexibility index (Phi) is 6.79. The number of likely N-dealkylation sites (N-methyl/N-ethyl adjacent to an activating group) is 1. The fourth-order valence-electron chi connectivity index (χ4n) is 7.06. The van der Waals surface area contributed by atoms with Crippen molar-refractivity contribution in [1.82, 2.24) is 25.2 Å². The molecule has 3 aliphatic heterocycles. The molecule has 0 spiro atoms. The van der Waals surface area contributed by atoms with Crippen molar-refractivity contribution < 1.29 is 14.2 Å². The molecule has 2 aromatic heterocycles. The highest BCUT2D eigenvalue weighted by Crippen LogP contribution is 2.39. The minimum atomic E-state index is -0.574. The Morgan fingerprint density at radius 2 is 2.10 bits per heavy atom. The Labute approximate surface area is 244 Å². The number of phenols is 1. The Morgan fingerprint density at radius 3 is 2.93 bits per heavy atom. The first-order chi connectivity index (χ1) is 20.4. The van der Waals surface area contributed by atoms with E-state index in [9.17, 15) is 5.11 Å². The third-order valence-electron chi connectivity index (χ3n) is 9.24. The Bertz CT molecular complexity index is 1710. The van der Waals surface area contributed by atoms with Crippen LogP contribution in [0.25, 0.3) is 37.8 Å². The summed E-state index contributed by atoms with van der Waals surface area (Å²) in [6.07, 6.45) is 6.57. The van der Waals surface area contributed by atoms with E-state index in [1.165, 1.54) is 0 Å². The number of halogens is 1. The topological polar surface area (TPSA) is 91.0 Å². The molecule has 10 heteroatoms. The quantitative estimate of drug-likeness (QED) is 0.309. The first kappa shape index (κ1) is 26.8. The van der Waals surface area contributed by atoms with Crippen LogP contribution in [0.5, 0.6) is 11.8 Å². The van der Waals surface area contributed by atoms with Crippen LogP contribution in [0.2, 0.25) is 0 Å². The second-order valence-corrected chi connectivity index (χ2v) is 12.0. The fourth-order valence-corrected chi connectivity index (χ4v) is 7.06. The molecule has 42 heavy (non-hydrogen) atoms. The molecule has 2 unspecified atom stereocenters. The monoisotopic (exact) mass is 567 g/mol. The number of nitrogens with zero attached hydrogens (tertiary/aromatic N) is 6. The van der Waals surface area contributed by atoms with Gasteiger partial charge in [0, 0.05) is 48.9 Å². The van der Waals surface area contributed by atoms with Crippen molar-refractivity contribution in [1.29, 1.82) is 0 Å². The molecule has 4 aromatic rings. The highest BCUT2D eigenvalue weighted by molar-refractivity contribution is 5.99. The first-order valence-corrected chi connectivity index (χ1v) is 14.7. The number of benzene rings is 2. The first-order valence-electron chi connectivity index (χ1n) is 14.7. The van der Waals surface area contributed by atoms with Gasteiger partial charge in [-0.2, -0.15) is 9.97 Å². The van der Waals surface area contributed by atoms with Gasteiger partial charge in [-0.05, 0) is 62.2 Å². The lowest BCUT2D eigenvalue weighted by Crippen LogP contribution is -2.60. The number of likely N-dealkylation sites (tertiary alicyclic amines) is 1. The van der Waals surface area contributed by atoms with Crippen molar-refractivity contribution in [3.05, 3.63) is 59.8 Å². The van der Waals surface area contributed by atoms with Crippen LogP contribution >= 0.6 is 0 Å². The van der Waals surface area contributed by atoms with Gasteiger partial charge in [0.1, 0.15) is 29.4 Å². The van der Waals surface area contributed by atoms with Gasteiger partial charge in [-0.25, -0.2) is 11.0 Å². The van der Waals surface area contributed by atoms with E-state index in [0.717, 1.165) is 56.0 Å². The normalized spacial score (nSPS) is 24.0. The lowest BCUT2D eigenvalue weighted by molar-refractivity contribution is 0.188. The van der Waals surface area contributed by atoms with Crippen LogP contribution in [-0.4, -0.2) is 82.4 Å². The molecule has 2 N–H and O–H groups in total. The summed E-state index contributed by atoms with van der Waals surface area (Å²) in [5, 5.41) is 16.3. The molecular formula is C32H34FN7O2. The number of rotatable bonds is 7. The van der Waals surface area contributed by atoms with Gasteiger partial charge < -0.3 is 29.8 Å². The van der Waals surface area contributed by atoms with Gasteiger partial charge in [0.05, 0.1) is 5.39 Å². The highest BCUT2D eigenvalue weighted by atomic mass is 19.1. The third-order valence-corrected chi connectivity index (χ3v) is 9.24. The van der Waals surface area contributed by atoms with Crippen molar-refractivity contribution >= 4 is 27.5 Å². The molecule has 3 saturated heterocycles. The Morgan fingerprint density at radius 1 is 1.21 bits per heavy atom. The number of hydrogen-bond donors (Lipinski definition) is 2. The van der Waals surface area contributed by atoms with E-state index in [-0.39, 0.29) is 40.6 Å². The van der Waals surface area contributed by atoms with Crippen LogP contribution in [0.15, 0.2) is 42.6 Å². The number of hydrogen-bond acceptors (Lipinski definition) is 8. The molecule has 0 amide bonds. The molecule has 5 heterocycles. The molecule has 7 rings (SSSR count). The summed E-state index contributed by atoms with van der Waals surface area (Å²) in [4.78, 5) is 22.2. The zero-order chi connectivity index (χ0) is 28.8. The number of piperazine rings is 1. The maximum atomic E-state index is 16.6. The summed E-state index contributed by atoms with van der Waals surface area (Å²) in [6, 6.07) is 11.4. The SMILES string of the molecule is [C-]#[N+]CCC12CCC(CN(c3nc(OC[C@@H]4CCCN4C)nc4c(F)c(-c5cc(O)cc6ccccc56)ncc34)C1)N2. The molecule has 216 valence electrons. The summed E-state index contributed by atoms with van der Waals surface area (Å²) < 4.78 is 22.8. The number of pyridine rings is 1. The average molecular weight is 568 g/mol. The summed E-state index contributed by atoms with van der Waals surface area (Å²) >= 11 is 0. The predicted molar refractivity (Wildman–Crippen MR) is 160 cm³/mol. The largest absolute Gasteiger partial charge is 0.508 e. The number of aromatic nitrogens is 3. The second kappa shape index (κ2) is 10.6. The molecule has 3 atom stereocenters. The van der Waals surface area contributed by atoms with Crippen LogP contribution in [0, 0.1) is 12.4 Å². The predicted octanol–water partition coefficient (Wildman–Crippen LogP) is 4.78. The highest BCUT2D eigenvalue weighted by Gasteiger charge is 2.45. The molecular weight excluding hydrogens is 533 g/mol. The van der Waals surface area contributed by atoms with E-state index in [1.807, 2.05) is 24.3 Å². The van der Waals surface area contributed by atoms with Gasteiger partial charge >= 0.3 is 6.01 Å². The van der Waals surface area contributed by atoms with Gasteiger partial charge in [0.15, 0.2) is 5.82 Å². The maximum absolute atomic E-state index is 16.6. The molecule has 2 aromatic carbocycles. The van der Waals surface area contributed by atoms with Crippen LogP contribution in [0.1, 0.15) is 32.1 Å². The number of ether oxygens (including phenoxy) is 1. The van der Waals surface area contributed by atoms with Crippen LogP contribution in [0.3, 0.4) is 0 Å². The van der Waals surface area contributed by atoms with Crippen molar-refractivity contribution in [2.24, 2.45) is 0 Å². The Balaban J connectivity index is 1.34. The molecule has 3 aliphatic rings. The van der Waals surface area contributed by atoms with E-state index < -0.39 is 5.82 Å². The Hall–Kier alpha value is -4.07. The van der Waals surface area contributed by atoms with Gasteiger partial charge in [-0.15, -0.1) is 0 Å². The zero-order valence-electron chi connectivity index (χ0n) is 23.7. The summed E-state index contributed by atoms with van der Waals surface area (Å²) in [5.74, 6) is 0.0729. The maximum Gasteiger partial charge on any atom is 0.319 e. The van der Waals surface area contributed by atoms with E-state index >= 15 is 4.39 Å². The van der Waals surface area contributed by atoms with E-state index in [1.54, 1.807) is 18.3 Å². The summed E-state index contributed by atoms with van der Waals surface area (Å²) in [6.45, 7) is 10.6. The standard InChI is InChI=1S/C32H34FN7O2/c1-34-12-11-32-10-9-21(38-32)17-40(19-32)30-26-16-35-28(25-15-23(41)14-20-6-3-4-8-24(20)25)27(33)29(26)36-31(37-30)42-18-22-7-5-13-39(22)2/h3-4,6,8,14-16,21-22,38,41H,5,7,9-13,17-19H2,2H3/t21?,22-,32?/m0/s1. The van der Waals surface area contributed by atoms with E-state index in [4.69, 9.17) is 16.3 Å².